The normalized spacial score (nSPS) is 41.3. The molecule has 0 amide bonds. The van der Waals surface area contributed by atoms with Gasteiger partial charge in [0.2, 0.25) is 0 Å². The molecule has 0 aromatic carbocycles. The number of rotatable bonds is 4. The van der Waals surface area contributed by atoms with E-state index in [1.807, 2.05) is 26.0 Å². The Hall–Kier alpha value is -1.36. The molecule has 1 fully saturated rings. The average molecular weight is 246 g/mol. The van der Waals surface area contributed by atoms with Crippen LogP contribution in [0.4, 0.5) is 0 Å². The van der Waals surface area contributed by atoms with E-state index >= 15 is 0 Å². The van der Waals surface area contributed by atoms with E-state index in [0.717, 1.165) is 12.8 Å². The summed E-state index contributed by atoms with van der Waals surface area (Å²) >= 11 is 0. The first-order valence-electron chi connectivity index (χ1n) is 6.45. The SMILES string of the molecule is CCO[C@]12C=C[C@](OCC)(CC1)[C@H](C#N)[C@H]2C#N. The van der Waals surface area contributed by atoms with Crippen molar-refractivity contribution < 1.29 is 9.47 Å². The van der Waals surface area contributed by atoms with E-state index in [1.165, 1.54) is 0 Å². The topological polar surface area (TPSA) is 66.0 Å². The van der Waals surface area contributed by atoms with Gasteiger partial charge in [0.05, 0.1) is 24.0 Å². The quantitative estimate of drug-likeness (QED) is 0.713. The Labute approximate surface area is 108 Å². The van der Waals surface area contributed by atoms with Crippen LogP contribution >= 0.6 is 0 Å². The number of ether oxygens (including phenoxy) is 2. The van der Waals surface area contributed by atoms with Crippen molar-refractivity contribution in [2.75, 3.05) is 13.2 Å². The Morgan fingerprint density at radius 3 is 1.61 bits per heavy atom. The molecule has 4 heteroatoms. The maximum Gasteiger partial charge on any atom is 0.104 e. The molecule has 0 aromatic heterocycles. The molecule has 1 saturated carbocycles. The molecule has 3 aliphatic carbocycles. The first-order chi connectivity index (χ1) is 8.68. The van der Waals surface area contributed by atoms with Crippen molar-refractivity contribution in [2.24, 2.45) is 11.8 Å². The maximum absolute atomic E-state index is 9.42. The number of hydrogen-bond donors (Lipinski definition) is 0. The van der Waals surface area contributed by atoms with Crippen molar-refractivity contribution in [2.45, 2.75) is 37.9 Å². The van der Waals surface area contributed by atoms with E-state index < -0.39 is 23.0 Å². The molecule has 0 aromatic rings. The van der Waals surface area contributed by atoms with Crippen LogP contribution in [0.25, 0.3) is 0 Å². The van der Waals surface area contributed by atoms with E-state index in [0.29, 0.717) is 13.2 Å². The molecule has 0 heterocycles. The molecule has 3 rings (SSSR count). The molecular weight excluding hydrogens is 228 g/mol. The second-order valence-electron chi connectivity index (χ2n) is 4.82. The van der Waals surface area contributed by atoms with Crippen molar-refractivity contribution in [3.05, 3.63) is 12.2 Å². The second-order valence-corrected chi connectivity index (χ2v) is 4.82. The third-order valence-corrected chi connectivity index (χ3v) is 4.04. The second kappa shape index (κ2) is 4.72. The van der Waals surface area contributed by atoms with Crippen molar-refractivity contribution >= 4 is 0 Å². The van der Waals surface area contributed by atoms with Crippen LogP contribution in [0.1, 0.15) is 26.7 Å². The Kier molecular flexibility index (Phi) is 3.43. The van der Waals surface area contributed by atoms with Gasteiger partial charge in [-0.3, -0.25) is 0 Å². The minimum atomic E-state index is -0.594. The van der Waals surface area contributed by atoms with Gasteiger partial charge in [0.1, 0.15) is 11.2 Å². The van der Waals surface area contributed by atoms with Gasteiger partial charge in [-0.05, 0) is 26.7 Å². The van der Waals surface area contributed by atoms with Crippen LogP contribution in [0.2, 0.25) is 0 Å². The van der Waals surface area contributed by atoms with E-state index in [2.05, 4.69) is 12.1 Å². The number of nitrogens with zero attached hydrogens (tertiary/aromatic N) is 2. The molecule has 0 unspecified atom stereocenters. The lowest BCUT2D eigenvalue weighted by atomic mass is 9.58. The number of hydrogen-bond acceptors (Lipinski definition) is 4. The summed E-state index contributed by atoms with van der Waals surface area (Å²) in [6.45, 7) is 4.92. The highest BCUT2D eigenvalue weighted by Crippen LogP contribution is 2.52. The van der Waals surface area contributed by atoms with Gasteiger partial charge in [0, 0.05) is 13.2 Å². The molecular formula is C14H18N2O2. The summed E-state index contributed by atoms with van der Waals surface area (Å²) in [6.07, 6.45) is 5.37. The van der Waals surface area contributed by atoms with Gasteiger partial charge in [0.25, 0.3) is 0 Å². The molecule has 3 aliphatic rings. The van der Waals surface area contributed by atoms with E-state index in [9.17, 15) is 10.5 Å². The Morgan fingerprint density at radius 1 is 1.00 bits per heavy atom. The van der Waals surface area contributed by atoms with Crippen LogP contribution in [-0.2, 0) is 9.47 Å². The molecule has 0 saturated heterocycles. The third-order valence-electron chi connectivity index (χ3n) is 4.04. The minimum Gasteiger partial charge on any atom is -0.370 e. The highest BCUT2D eigenvalue weighted by atomic mass is 16.5. The fourth-order valence-electron chi connectivity index (χ4n) is 3.25. The molecule has 18 heavy (non-hydrogen) atoms. The van der Waals surface area contributed by atoms with Gasteiger partial charge in [-0.25, -0.2) is 0 Å². The van der Waals surface area contributed by atoms with Crippen LogP contribution in [0.3, 0.4) is 0 Å². The first-order valence-corrected chi connectivity index (χ1v) is 6.45. The van der Waals surface area contributed by atoms with Crippen molar-refractivity contribution in [1.29, 1.82) is 10.5 Å². The molecule has 2 bridgehead atoms. The lowest BCUT2D eigenvalue weighted by Crippen LogP contribution is -2.60. The lowest BCUT2D eigenvalue weighted by molar-refractivity contribution is -0.151. The van der Waals surface area contributed by atoms with Crippen LogP contribution in [-0.4, -0.2) is 24.4 Å². The maximum atomic E-state index is 9.42. The van der Waals surface area contributed by atoms with Crippen LogP contribution < -0.4 is 0 Å². The largest absolute Gasteiger partial charge is 0.370 e. The molecule has 0 spiro atoms. The summed E-state index contributed by atoms with van der Waals surface area (Å²) in [5, 5.41) is 18.8. The standard InChI is InChI=1S/C14H18N2O2/c1-3-17-13-5-7-14(8-6-13,18-4-2)12(10-16)11(13)9-15/h5,7,11-12H,3-4,6,8H2,1-2H3/t11-,12-,13-,14+/m1/s1. The van der Waals surface area contributed by atoms with Crippen LogP contribution in [0, 0.1) is 34.5 Å². The van der Waals surface area contributed by atoms with Gasteiger partial charge >= 0.3 is 0 Å². The zero-order valence-electron chi connectivity index (χ0n) is 10.8. The summed E-state index contributed by atoms with van der Waals surface area (Å²) in [4.78, 5) is 0. The Balaban J connectivity index is 2.44. The summed E-state index contributed by atoms with van der Waals surface area (Å²) in [5.74, 6) is -0.902. The molecule has 0 radical (unpaired) electrons. The Bertz CT molecular complexity index is 394. The first kappa shape index (κ1) is 13.1. The summed E-state index contributed by atoms with van der Waals surface area (Å²) in [6, 6.07) is 4.53. The van der Waals surface area contributed by atoms with Crippen LogP contribution in [0.15, 0.2) is 12.2 Å². The molecule has 0 aliphatic heterocycles. The van der Waals surface area contributed by atoms with E-state index in [-0.39, 0.29) is 0 Å². The van der Waals surface area contributed by atoms with E-state index in [4.69, 9.17) is 9.47 Å². The highest BCUT2D eigenvalue weighted by molar-refractivity contribution is 5.33. The van der Waals surface area contributed by atoms with Gasteiger partial charge in [-0.2, -0.15) is 10.5 Å². The summed E-state index contributed by atoms with van der Waals surface area (Å²) < 4.78 is 11.6. The zero-order chi connectivity index (χ0) is 13.2. The zero-order valence-corrected chi connectivity index (χ0v) is 10.8. The average Bonchev–Trinajstić information content (AvgIpc) is 2.39. The fraction of sp³-hybridized carbons (Fsp3) is 0.714. The van der Waals surface area contributed by atoms with Crippen molar-refractivity contribution in [1.82, 2.24) is 0 Å². The van der Waals surface area contributed by atoms with Crippen molar-refractivity contribution in [3.8, 4) is 12.1 Å². The fourth-order valence-corrected chi connectivity index (χ4v) is 3.25. The van der Waals surface area contributed by atoms with Gasteiger partial charge in [0.15, 0.2) is 0 Å². The minimum absolute atomic E-state index is 0.451. The van der Waals surface area contributed by atoms with Gasteiger partial charge in [-0.15, -0.1) is 0 Å². The predicted molar refractivity (Wildman–Crippen MR) is 65.3 cm³/mol. The van der Waals surface area contributed by atoms with Crippen LogP contribution in [0.5, 0.6) is 0 Å². The lowest BCUT2D eigenvalue weighted by Gasteiger charge is -2.53. The number of fused-ring (bicyclic) bond motifs is 2. The molecule has 4 atom stereocenters. The smallest absolute Gasteiger partial charge is 0.104 e. The van der Waals surface area contributed by atoms with Gasteiger partial charge in [-0.1, -0.05) is 12.2 Å². The Morgan fingerprint density at radius 2 is 1.39 bits per heavy atom. The molecule has 0 N–H and O–H groups in total. The summed E-state index contributed by atoms with van der Waals surface area (Å²) in [7, 11) is 0. The predicted octanol–water partition coefficient (Wildman–Crippen LogP) is 2.18. The molecule has 4 nitrogen and oxygen atoms in total. The molecule has 96 valence electrons. The third kappa shape index (κ3) is 1.65. The van der Waals surface area contributed by atoms with Gasteiger partial charge < -0.3 is 9.47 Å². The number of nitriles is 2. The highest BCUT2D eigenvalue weighted by Gasteiger charge is 2.59. The summed E-state index contributed by atoms with van der Waals surface area (Å²) in [5.41, 5.74) is -1.19. The van der Waals surface area contributed by atoms with Crippen molar-refractivity contribution in [3.63, 3.8) is 0 Å². The monoisotopic (exact) mass is 246 g/mol. The van der Waals surface area contributed by atoms with E-state index in [1.54, 1.807) is 0 Å².